The maximum absolute atomic E-state index is 9.13. The summed E-state index contributed by atoms with van der Waals surface area (Å²) in [5.41, 5.74) is 3.10. The van der Waals surface area contributed by atoms with Gasteiger partial charge >= 0.3 is 0 Å². The summed E-state index contributed by atoms with van der Waals surface area (Å²) in [6, 6.07) is 9.61. The second-order valence-corrected chi connectivity index (χ2v) is 4.18. The van der Waals surface area contributed by atoms with Gasteiger partial charge in [-0.3, -0.25) is 0 Å². The third kappa shape index (κ3) is 2.15. The summed E-state index contributed by atoms with van der Waals surface area (Å²) in [6.45, 7) is 1.96. The number of pyridine rings is 1. The van der Waals surface area contributed by atoms with Gasteiger partial charge in [0, 0.05) is 11.8 Å². The van der Waals surface area contributed by atoms with Gasteiger partial charge in [0.1, 0.15) is 17.0 Å². The minimum atomic E-state index is 0.225. The van der Waals surface area contributed by atoms with Crippen molar-refractivity contribution in [3.05, 3.63) is 46.7 Å². The van der Waals surface area contributed by atoms with Crippen molar-refractivity contribution in [1.82, 2.24) is 4.98 Å². The van der Waals surface area contributed by atoms with E-state index in [-0.39, 0.29) is 5.15 Å². The fraction of sp³-hybridized carbons (Fsp3) is 0.143. The van der Waals surface area contributed by atoms with Gasteiger partial charge in [-0.15, -0.1) is 0 Å². The van der Waals surface area contributed by atoms with Gasteiger partial charge in [-0.2, -0.15) is 5.26 Å². The van der Waals surface area contributed by atoms with E-state index in [1.54, 1.807) is 19.4 Å². The van der Waals surface area contributed by atoms with E-state index in [1.807, 2.05) is 25.1 Å². The number of hydrogen-bond acceptors (Lipinski definition) is 3. The Bertz CT molecular complexity index is 632. The van der Waals surface area contributed by atoms with Crippen LogP contribution in [0.15, 0.2) is 30.5 Å². The minimum absolute atomic E-state index is 0.225. The summed E-state index contributed by atoms with van der Waals surface area (Å²) < 4.78 is 5.21. The minimum Gasteiger partial charge on any atom is -0.496 e. The molecule has 0 amide bonds. The van der Waals surface area contributed by atoms with Gasteiger partial charge in [-0.25, -0.2) is 4.98 Å². The second-order valence-electron chi connectivity index (χ2n) is 3.82. The number of aromatic nitrogens is 1. The average Bonchev–Trinajstić information content (AvgIpc) is 2.38. The van der Waals surface area contributed by atoms with Crippen molar-refractivity contribution < 1.29 is 4.74 Å². The van der Waals surface area contributed by atoms with Gasteiger partial charge in [-0.1, -0.05) is 17.7 Å². The number of ether oxygens (including phenoxy) is 1. The molecule has 4 heteroatoms. The standard InChI is InChI=1S/C14H11ClN2O/c1-9-7-10(3-4-13(9)18-2)11-5-6-17-14(15)12(11)8-16/h3-7H,1-2H3. The first kappa shape index (κ1) is 12.4. The molecule has 0 N–H and O–H groups in total. The van der Waals surface area contributed by atoms with E-state index in [9.17, 15) is 0 Å². The largest absolute Gasteiger partial charge is 0.496 e. The summed E-state index contributed by atoms with van der Waals surface area (Å²) in [5.74, 6) is 0.817. The molecule has 18 heavy (non-hydrogen) atoms. The van der Waals surface area contributed by atoms with Crippen LogP contribution in [-0.2, 0) is 0 Å². The number of aryl methyl sites for hydroxylation is 1. The molecular weight excluding hydrogens is 248 g/mol. The Hall–Kier alpha value is -2.05. The van der Waals surface area contributed by atoms with Crippen molar-refractivity contribution >= 4 is 11.6 Å². The van der Waals surface area contributed by atoms with E-state index in [2.05, 4.69) is 11.1 Å². The summed E-state index contributed by atoms with van der Waals surface area (Å²) in [7, 11) is 1.63. The number of benzene rings is 1. The van der Waals surface area contributed by atoms with Crippen LogP contribution in [-0.4, -0.2) is 12.1 Å². The molecule has 0 aliphatic carbocycles. The highest BCUT2D eigenvalue weighted by atomic mass is 35.5. The zero-order chi connectivity index (χ0) is 13.1. The van der Waals surface area contributed by atoms with E-state index in [0.717, 1.165) is 22.4 Å². The molecule has 3 nitrogen and oxygen atoms in total. The zero-order valence-electron chi connectivity index (χ0n) is 10.1. The Balaban J connectivity index is 2.60. The average molecular weight is 259 g/mol. The smallest absolute Gasteiger partial charge is 0.147 e. The van der Waals surface area contributed by atoms with E-state index in [1.165, 1.54) is 0 Å². The Morgan fingerprint density at radius 2 is 2.11 bits per heavy atom. The first-order chi connectivity index (χ1) is 8.67. The molecule has 0 aliphatic heterocycles. The lowest BCUT2D eigenvalue weighted by atomic mass is 10.0. The van der Waals surface area contributed by atoms with Crippen LogP contribution in [0.5, 0.6) is 5.75 Å². The highest BCUT2D eigenvalue weighted by molar-refractivity contribution is 6.31. The van der Waals surface area contributed by atoms with E-state index < -0.39 is 0 Å². The van der Waals surface area contributed by atoms with Crippen LogP contribution in [0.3, 0.4) is 0 Å². The molecule has 90 valence electrons. The molecule has 2 aromatic rings. The number of halogens is 1. The topological polar surface area (TPSA) is 45.9 Å². The Morgan fingerprint density at radius 3 is 2.72 bits per heavy atom. The third-order valence-corrected chi connectivity index (χ3v) is 3.01. The number of nitrogens with zero attached hydrogens (tertiary/aromatic N) is 2. The molecular formula is C14H11ClN2O. The predicted molar refractivity (Wildman–Crippen MR) is 70.7 cm³/mol. The maximum Gasteiger partial charge on any atom is 0.147 e. The molecule has 0 aliphatic rings. The summed E-state index contributed by atoms with van der Waals surface area (Å²) in [5, 5.41) is 9.36. The molecule has 0 unspecified atom stereocenters. The fourth-order valence-corrected chi connectivity index (χ4v) is 2.03. The van der Waals surface area contributed by atoms with Gasteiger partial charge in [0.2, 0.25) is 0 Å². The SMILES string of the molecule is COc1ccc(-c2ccnc(Cl)c2C#N)cc1C. The van der Waals surface area contributed by atoms with Crippen molar-refractivity contribution in [2.45, 2.75) is 6.92 Å². The molecule has 0 atom stereocenters. The van der Waals surface area contributed by atoms with Crippen LogP contribution in [0.2, 0.25) is 5.15 Å². The van der Waals surface area contributed by atoms with Crippen molar-refractivity contribution in [1.29, 1.82) is 5.26 Å². The van der Waals surface area contributed by atoms with Crippen LogP contribution in [0.25, 0.3) is 11.1 Å². The lowest BCUT2D eigenvalue weighted by molar-refractivity contribution is 0.412. The summed E-state index contributed by atoms with van der Waals surface area (Å²) >= 11 is 5.92. The second kappa shape index (κ2) is 5.07. The summed E-state index contributed by atoms with van der Waals surface area (Å²) in [6.07, 6.45) is 1.60. The number of hydrogen-bond donors (Lipinski definition) is 0. The van der Waals surface area contributed by atoms with Crippen LogP contribution in [0.4, 0.5) is 0 Å². The molecule has 0 radical (unpaired) electrons. The first-order valence-corrected chi connectivity index (χ1v) is 5.74. The van der Waals surface area contributed by atoms with Gasteiger partial charge in [0.05, 0.1) is 12.7 Å². The van der Waals surface area contributed by atoms with Crippen LogP contribution in [0.1, 0.15) is 11.1 Å². The number of rotatable bonds is 2. The Kier molecular flexibility index (Phi) is 3.50. The fourth-order valence-electron chi connectivity index (χ4n) is 1.83. The number of nitriles is 1. The molecule has 0 saturated carbocycles. The molecule has 1 aromatic carbocycles. The Morgan fingerprint density at radius 1 is 1.33 bits per heavy atom. The third-order valence-electron chi connectivity index (χ3n) is 2.72. The molecule has 1 heterocycles. The molecule has 0 spiro atoms. The first-order valence-electron chi connectivity index (χ1n) is 5.37. The molecule has 0 saturated heterocycles. The van der Waals surface area contributed by atoms with Crippen molar-refractivity contribution in [3.8, 4) is 22.9 Å². The zero-order valence-corrected chi connectivity index (χ0v) is 10.8. The van der Waals surface area contributed by atoms with Crippen LogP contribution < -0.4 is 4.74 Å². The summed E-state index contributed by atoms with van der Waals surface area (Å²) in [4.78, 5) is 3.91. The lowest BCUT2D eigenvalue weighted by Crippen LogP contribution is -1.91. The lowest BCUT2D eigenvalue weighted by Gasteiger charge is -2.09. The Labute approximate surface area is 111 Å². The number of methoxy groups -OCH3 is 1. The van der Waals surface area contributed by atoms with Crippen molar-refractivity contribution in [2.24, 2.45) is 0 Å². The van der Waals surface area contributed by atoms with Crippen molar-refractivity contribution in [3.63, 3.8) is 0 Å². The molecule has 0 fully saturated rings. The quantitative estimate of drug-likeness (QED) is 0.774. The van der Waals surface area contributed by atoms with Crippen LogP contribution in [0, 0.1) is 18.3 Å². The highest BCUT2D eigenvalue weighted by Crippen LogP contribution is 2.30. The van der Waals surface area contributed by atoms with E-state index in [4.69, 9.17) is 21.6 Å². The van der Waals surface area contributed by atoms with Gasteiger partial charge in [0.25, 0.3) is 0 Å². The van der Waals surface area contributed by atoms with Crippen molar-refractivity contribution in [2.75, 3.05) is 7.11 Å². The predicted octanol–water partition coefficient (Wildman–Crippen LogP) is 3.59. The molecule has 0 bridgehead atoms. The monoisotopic (exact) mass is 258 g/mol. The van der Waals surface area contributed by atoms with Crippen LogP contribution >= 0.6 is 11.6 Å². The van der Waals surface area contributed by atoms with Gasteiger partial charge < -0.3 is 4.74 Å². The maximum atomic E-state index is 9.13. The normalized spacial score (nSPS) is 9.89. The van der Waals surface area contributed by atoms with Gasteiger partial charge in [-0.05, 0) is 36.2 Å². The highest BCUT2D eigenvalue weighted by Gasteiger charge is 2.10. The van der Waals surface area contributed by atoms with E-state index in [0.29, 0.717) is 5.56 Å². The van der Waals surface area contributed by atoms with E-state index >= 15 is 0 Å². The van der Waals surface area contributed by atoms with Gasteiger partial charge in [0.15, 0.2) is 0 Å². The molecule has 1 aromatic heterocycles. The molecule has 2 rings (SSSR count).